The Kier molecular flexibility index (Phi) is 11.3. The molecule has 0 amide bonds. The standard InChI is InChI=1S/C74H50N2O/c1-2-50-19-21-51(22-20-50)56-35-42-63(43-36-56)75(64-44-37-57(38-45-64)53-25-23-52(24-26-53)55-31-33-60(34-32-55)66-15-10-16-69-68-14-7-9-18-73(68)77-74(66)69)65-46-39-58(40-47-65)54-27-29-59(30-28-54)61-41-48-72-70(49-61)67-13-6-8-17-71(67)76(72)62-11-4-3-5-12-62/h2-49H,1H2. The first-order valence-electron chi connectivity index (χ1n) is 26.2. The van der Waals surface area contributed by atoms with Gasteiger partial charge in [0.25, 0.3) is 0 Å². The van der Waals surface area contributed by atoms with Crippen LogP contribution in [-0.4, -0.2) is 4.57 Å². The van der Waals surface area contributed by atoms with E-state index >= 15 is 0 Å². The molecule has 0 atom stereocenters. The second kappa shape index (κ2) is 19.2. The minimum atomic E-state index is 0.912. The number of furan rings is 1. The van der Waals surface area contributed by atoms with Gasteiger partial charge in [-0.25, -0.2) is 0 Å². The van der Waals surface area contributed by atoms with Crippen molar-refractivity contribution >= 4 is 66.9 Å². The van der Waals surface area contributed by atoms with Crippen molar-refractivity contribution in [3.05, 3.63) is 297 Å². The van der Waals surface area contributed by atoms with Crippen molar-refractivity contribution in [2.24, 2.45) is 0 Å². The summed E-state index contributed by atoms with van der Waals surface area (Å²) in [6.45, 7) is 3.93. The summed E-state index contributed by atoms with van der Waals surface area (Å²) >= 11 is 0. The SMILES string of the molecule is C=Cc1ccc(-c2ccc(N(c3ccc(-c4ccc(-c5ccc(-c6cccc7c6oc6ccccc67)cc5)cc4)cc3)c3ccc(-c4ccc(-c5ccc6c(c5)c5ccccc5n6-c5ccccc5)cc4)cc3)cc2)cc1. The first kappa shape index (κ1) is 45.4. The molecule has 77 heavy (non-hydrogen) atoms. The van der Waals surface area contributed by atoms with Crippen LogP contribution in [0.3, 0.4) is 0 Å². The second-order valence-electron chi connectivity index (χ2n) is 19.7. The lowest BCUT2D eigenvalue weighted by Crippen LogP contribution is -2.09. The van der Waals surface area contributed by atoms with E-state index in [2.05, 4.69) is 289 Å². The van der Waals surface area contributed by atoms with Gasteiger partial charge in [-0.1, -0.05) is 225 Å². The average molecular weight is 983 g/mol. The number of nitrogens with zero attached hydrogens (tertiary/aromatic N) is 2. The molecule has 0 fully saturated rings. The fraction of sp³-hybridized carbons (Fsp3) is 0. The van der Waals surface area contributed by atoms with Gasteiger partial charge in [0.15, 0.2) is 0 Å². The lowest BCUT2D eigenvalue weighted by atomic mass is 9.97. The van der Waals surface area contributed by atoms with Crippen LogP contribution in [0.5, 0.6) is 0 Å². The molecule has 3 nitrogen and oxygen atoms in total. The summed E-state index contributed by atoms with van der Waals surface area (Å²) in [5.41, 5.74) is 23.7. The predicted molar refractivity (Wildman–Crippen MR) is 325 cm³/mol. The van der Waals surface area contributed by atoms with E-state index in [-0.39, 0.29) is 0 Å². The Morgan fingerprint density at radius 3 is 1.25 bits per heavy atom. The Bertz CT molecular complexity index is 4430. The molecule has 0 saturated heterocycles. The van der Waals surface area contributed by atoms with Gasteiger partial charge in [-0.2, -0.15) is 0 Å². The Morgan fingerprint density at radius 2 is 0.714 bits per heavy atom. The molecular formula is C74H50N2O. The summed E-state index contributed by atoms with van der Waals surface area (Å²) in [5.74, 6) is 0. The van der Waals surface area contributed by atoms with Gasteiger partial charge in [0.1, 0.15) is 11.2 Å². The lowest BCUT2D eigenvalue weighted by molar-refractivity contribution is 0.670. The highest BCUT2D eigenvalue weighted by Gasteiger charge is 2.17. The van der Waals surface area contributed by atoms with Crippen molar-refractivity contribution in [3.63, 3.8) is 0 Å². The van der Waals surface area contributed by atoms with Gasteiger partial charge in [0, 0.05) is 49.9 Å². The molecule has 0 radical (unpaired) electrons. The number of para-hydroxylation sites is 4. The van der Waals surface area contributed by atoms with Crippen LogP contribution in [0.4, 0.5) is 17.1 Å². The van der Waals surface area contributed by atoms with Gasteiger partial charge in [0.2, 0.25) is 0 Å². The van der Waals surface area contributed by atoms with E-state index in [9.17, 15) is 0 Å². The number of rotatable bonds is 11. The van der Waals surface area contributed by atoms with E-state index < -0.39 is 0 Å². The molecule has 0 aliphatic rings. The highest BCUT2D eigenvalue weighted by atomic mass is 16.3. The van der Waals surface area contributed by atoms with Crippen LogP contribution >= 0.6 is 0 Å². The highest BCUT2D eigenvalue weighted by Crippen LogP contribution is 2.41. The molecule has 362 valence electrons. The molecule has 2 aromatic heterocycles. The molecule has 0 N–H and O–H groups in total. The van der Waals surface area contributed by atoms with Crippen molar-refractivity contribution < 1.29 is 4.42 Å². The van der Waals surface area contributed by atoms with Crippen LogP contribution < -0.4 is 4.90 Å². The summed E-state index contributed by atoms with van der Waals surface area (Å²) < 4.78 is 8.71. The molecule has 0 aliphatic carbocycles. The fourth-order valence-electron chi connectivity index (χ4n) is 11.2. The number of hydrogen-bond acceptors (Lipinski definition) is 2. The third-order valence-electron chi connectivity index (χ3n) is 15.2. The minimum Gasteiger partial charge on any atom is -0.455 e. The Labute approximate surface area is 448 Å². The molecule has 0 unspecified atom stereocenters. The van der Waals surface area contributed by atoms with Crippen LogP contribution in [0.1, 0.15) is 5.56 Å². The minimum absolute atomic E-state index is 0.912. The largest absolute Gasteiger partial charge is 0.455 e. The predicted octanol–water partition coefficient (Wildman–Crippen LogP) is 20.8. The van der Waals surface area contributed by atoms with Crippen LogP contribution in [0.2, 0.25) is 0 Å². The van der Waals surface area contributed by atoms with E-state index in [0.717, 1.165) is 72.4 Å². The molecule has 14 rings (SSSR count). The summed E-state index contributed by atoms with van der Waals surface area (Å²) in [7, 11) is 0. The third kappa shape index (κ3) is 8.37. The quantitative estimate of drug-likeness (QED) is 0.129. The molecule has 3 heteroatoms. The smallest absolute Gasteiger partial charge is 0.143 e. The molecule has 0 saturated carbocycles. The Morgan fingerprint density at radius 1 is 0.312 bits per heavy atom. The first-order valence-corrected chi connectivity index (χ1v) is 26.2. The van der Waals surface area contributed by atoms with Crippen LogP contribution in [-0.2, 0) is 0 Å². The maximum absolute atomic E-state index is 6.35. The number of hydrogen-bond donors (Lipinski definition) is 0. The van der Waals surface area contributed by atoms with Gasteiger partial charge in [-0.15, -0.1) is 0 Å². The number of anilines is 3. The van der Waals surface area contributed by atoms with E-state index in [0.29, 0.717) is 0 Å². The van der Waals surface area contributed by atoms with E-state index in [1.807, 2.05) is 18.2 Å². The molecule has 12 aromatic carbocycles. The van der Waals surface area contributed by atoms with Gasteiger partial charge in [-0.05, 0) is 140 Å². The van der Waals surface area contributed by atoms with Crippen LogP contribution in [0.15, 0.2) is 296 Å². The summed E-state index contributed by atoms with van der Waals surface area (Å²) in [6.07, 6.45) is 1.88. The average Bonchev–Trinajstić information content (AvgIpc) is 4.06. The molecular weight excluding hydrogens is 933 g/mol. The summed E-state index contributed by atoms with van der Waals surface area (Å²) in [5, 5.41) is 4.79. The van der Waals surface area contributed by atoms with Crippen LogP contribution in [0.25, 0.3) is 122 Å². The Hall–Kier alpha value is -10.2. The summed E-state index contributed by atoms with van der Waals surface area (Å²) in [6, 6.07) is 103. The van der Waals surface area contributed by atoms with Crippen molar-refractivity contribution in [3.8, 4) is 72.4 Å². The van der Waals surface area contributed by atoms with E-state index in [1.165, 1.54) is 66.4 Å². The maximum Gasteiger partial charge on any atom is 0.143 e. The topological polar surface area (TPSA) is 21.3 Å². The van der Waals surface area contributed by atoms with Crippen molar-refractivity contribution in [1.29, 1.82) is 0 Å². The highest BCUT2D eigenvalue weighted by molar-refractivity contribution is 6.11. The summed E-state index contributed by atoms with van der Waals surface area (Å²) in [4.78, 5) is 2.34. The normalized spacial score (nSPS) is 11.4. The number of aromatic nitrogens is 1. The first-order chi connectivity index (χ1) is 38.1. The molecule has 0 spiro atoms. The van der Waals surface area contributed by atoms with Gasteiger partial charge >= 0.3 is 0 Å². The van der Waals surface area contributed by atoms with Crippen molar-refractivity contribution in [2.75, 3.05) is 4.90 Å². The molecule has 0 bridgehead atoms. The number of benzene rings is 12. The maximum atomic E-state index is 6.35. The van der Waals surface area contributed by atoms with E-state index in [1.54, 1.807) is 0 Å². The monoisotopic (exact) mass is 982 g/mol. The lowest BCUT2D eigenvalue weighted by Gasteiger charge is -2.26. The molecule has 14 aromatic rings. The third-order valence-corrected chi connectivity index (χ3v) is 15.2. The second-order valence-corrected chi connectivity index (χ2v) is 19.7. The van der Waals surface area contributed by atoms with Gasteiger partial charge < -0.3 is 13.9 Å². The number of fused-ring (bicyclic) bond motifs is 6. The Balaban J connectivity index is 0.732. The molecule has 0 aliphatic heterocycles. The zero-order valence-electron chi connectivity index (χ0n) is 42.2. The van der Waals surface area contributed by atoms with Crippen molar-refractivity contribution in [2.45, 2.75) is 0 Å². The van der Waals surface area contributed by atoms with E-state index in [4.69, 9.17) is 4.42 Å². The van der Waals surface area contributed by atoms with Crippen LogP contribution in [0, 0.1) is 0 Å². The van der Waals surface area contributed by atoms with Gasteiger partial charge in [0.05, 0.1) is 11.0 Å². The van der Waals surface area contributed by atoms with Gasteiger partial charge in [-0.3, -0.25) is 0 Å². The zero-order chi connectivity index (χ0) is 51.2. The molecule has 2 heterocycles. The van der Waals surface area contributed by atoms with Crippen molar-refractivity contribution in [1.82, 2.24) is 4.57 Å². The zero-order valence-corrected chi connectivity index (χ0v) is 42.2. The fourth-order valence-corrected chi connectivity index (χ4v) is 11.2.